The molecule has 4 fully saturated rings. The van der Waals surface area contributed by atoms with Gasteiger partial charge in [0.15, 0.2) is 0 Å². The van der Waals surface area contributed by atoms with Gasteiger partial charge in [0.25, 0.3) is 0 Å². The van der Waals surface area contributed by atoms with Crippen LogP contribution in [0.5, 0.6) is 0 Å². The van der Waals surface area contributed by atoms with Crippen molar-refractivity contribution in [3.63, 3.8) is 0 Å². The lowest BCUT2D eigenvalue weighted by Gasteiger charge is -2.50. The van der Waals surface area contributed by atoms with E-state index >= 15 is 0 Å². The number of hydrogen-bond donors (Lipinski definition) is 0. The third-order valence-corrected chi connectivity index (χ3v) is 21.0. The highest BCUT2D eigenvalue weighted by Crippen LogP contribution is 2.57. The summed E-state index contributed by atoms with van der Waals surface area (Å²) in [7, 11) is 0. The second-order valence-electron chi connectivity index (χ2n) is 25.0. The molecule has 6 aromatic heterocycles. The summed E-state index contributed by atoms with van der Waals surface area (Å²) in [6.45, 7) is 0. The zero-order valence-electron chi connectivity index (χ0n) is 44.9. The van der Waals surface area contributed by atoms with Crippen LogP contribution >= 0.6 is 0 Å². The molecule has 4 saturated carbocycles. The number of hydrogen-bond acceptors (Lipinski definition) is 0. The number of rotatable bonds is 9. The molecule has 0 bridgehead atoms. The van der Waals surface area contributed by atoms with Gasteiger partial charge in [-0.2, -0.15) is 0 Å². The van der Waals surface area contributed by atoms with Crippen LogP contribution in [0.3, 0.4) is 0 Å². The fourth-order valence-corrected chi connectivity index (χ4v) is 17.6. The molecule has 0 spiro atoms. The molecule has 6 heterocycles. The number of nitrogens with zero attached hydrogens (tertiary/aromatic N) is 6. The first-order valence-corrected chi connectivity index (χ1v) is 29.9. The van der Waals surface area contributed by atoms with E-state index < -0.39 is 0 Å². The predicted octanol–water partition coefficient (Wildman–Crippen LogP) is 18.6. The number of benzene rings is 6. The highest BCUT2D eigenvalue weighted by Gasteiger charge is 2.46. The van der Waals surface area contributed by atoms with Crippen molar-refractivity contribution in [1.82, 2.24) is 27.4 Å². The monoisotopic (exact) mass is 1020 g/mol. The summed E-state index contributed by atoms with van der Waals surface area (Å²) in [5.74, 6) is 3.75. The van der Waals surface area contributed by atoms with E-state index in [0.29, 0.717) is 71.8 Å². The molecular formula is C72H72N6. The van der Waals surface area contributed by atoms with E-state index in [4.69, 9.17) is 0 Å². The number of fused-ring (bicyclic) bond motifs is 6. The molecule has 6 aromatic carbocycles. The molecule has 390 valence electrons. The number of para-hydroxylation sites is 6. The summed E-state index contributed by atoms with van der Waals surface area (Å²) in [4.78, 5) is 0. The Hall–Kier alpha value is -7.44. The van der Waals surface area contributed by atoms with Gasteiger partial charge in [0.2, 0.25) is 0 Å². The Balaban J connectivity index is 0.793. The summed E-state index contributed by atoms with van der Waals surface area (Å²) < 4.78 is 16.3. The molecule has 4 aliphatic rings. The summed E-state index contributed by atoms with van der Waals surface area (Å²) in [5, 5.41) is 8.17. The topological polar surface area (TPSA) is 29.6 Å². The minimum atomic E-state index is 0.438. The van der Waals surface area contributed by atoms with E-state index in [9.17, 15) is 0 Å². The Morgan fingerprint density at radius 1 is 0.179 bits per heavy atom. The van der Waals surface area contributed by atoms with E-state index in [0.717, 1.165) is 12.8 Å². The first-order valence-electron chi connectivity index (χ1n) is 29.9. The largest absolute Gasteiger partial charge is 0.344 e. The summed E-state index contributed by atoms with van der Waals surface area (Å²) >= 11 is 0. The molecule has 16 rings (SSSR count). The Morgan fingerprint density at radius 3 is 0.551 bits per heavy atom. The molecular weight excluding hydrogens is 949 g/mol. The predicted molar refractivity (Wildman–Crippen MR) is 322 cm³/mol. The lowest BCUT2D eigenvalue weighted by atomic mass is 9.59. The molecule has 4 aliphatic carbocycles. The second kappa shape index (κ2) is 19.2. The van der Waals surface area contributed by atoms with Crippen molar-refractivity contribution in [2.24, 2.45) is 35.5 Å². The molecule has 78 heavy (non-hydrogen) atoms. The van der Waals surface area contributed by atoms with E-state index in [1.807, 2.05) is 0 Å². The lowest BCUT2D eigenvalue weighted by Crippen LogP contribution is -2.40. The van der Waals surface area contributed by atoms with Gasteiger partial charge >= 0.3 is 0 Å². The molecule has 0 aliphatic heterocycles. The SMILES string of the molecule is c1ccc2c(c1)ccn2C1CC(C2CC(C3CC(n4ccc5ccccc54)CC(n4ccc5ccccc54)C3)CC(n3ccc4ccccc43)C2)CC(C2CC(n3ccc4ccccc43)CC(n3ccc4ccccc43)C2)C1. The molecule has 10 unspecified atom stereocenters. The van der Waals surface area contributed by atoms with Crippen molar-refractivity contribution in [1.29, 1.82) is 0 Å². The fourth-order valence-electron chi connectivity index (χ4n) is 17.6. The van der Waals surface area contributed by atoms with E-state index in [1.54, 1.807) is 0 Å². The molecule has 12 aromatic rings. The zero-order valence-corrected chi connectivity index (χ0v) is 44.9. The Labute approximate surface area is 458 Å². The second-order valence-corrected chi connectivity index (χ2v) is 25.0. The Bertz CT molecular complexity index is 3670. The summed E-state index contributed by atoms with van der Waals surface area (Å²) in [6, 6.07) is 71.9. The molecule has 0 amide bonds. The van der Waals surface area contributed by atoms with Crippen LogP contribution in [0.4, 0.5) is 0 Å². The van der Waals surface area contributed by atoms with Crippen LogP contribution in [0, 0.1) is 35.5 Å². The van der Waals surface area contributed by atoms with Crippen molar-refractivity contribution in [3.8, 4) is 0 Å². The average Bonchev–Trinajstić information content (AvgIpc) is 4.43. The van der Waals surface area contributed by atoms with Crippen LogP contribution in [0.15, 0.2) is 219 Å². The number of aromatic nitrogens is 6. The van der Waals surface area contributed by atoms with E-state index in [2.05, 4.69) is 247 Å². The summed E-state index contributed by atoms with van der Waals surface area (Å²) in [6.07, 6.45) is 29.6. The zero-order chi connectivity index (χ0) is 51.3. The van der Waals surface area contributed by atoms with Crippen LogP contribution in [0.25, 0.3) is 65.4 Å². The van der Waals surface area contributed by atoms with Crippen molar-refractivity contribution in [2.45, 2.75) is 113 Å². The Morgan fingerprint density at radius 2 is 0.346 bits per heavy atom. The standard InChI is InChI=1S/C72H72N6/c1-7-19-67-49(13-1)25-31-73(67)61-39-55(37-57(41-61)59-43-63(75-33-27-51-15-3-9-21-69(51)75)47-64(44-59)76-34-28-52-16-4-10-22-70(52)76)56-38-58(42-62(40-56)74-32-26-50-14-2-8-20-68(50)74)60-45-65(77-35-29-53-17-5-11-23-71(53)77)48-66(46-60)78-36-30-54-18-6-12-24-72(54)78/h1-36,55-66H,37-48H2. The molecule has 0 radical (unpaired) electrons. The normalized spacial score (nSPS) is 28.2. The molecule has 0 saturated heterocycles. The highest BCUT2D eigenvalue weighted by molar-refractivity contribution is 5.83. The van der Waals surface area contributed by atoms with Gasteiger partial charge in [-0.25, -0.2) is 0 Å². The molecule has 0 N–H and O–H groups in total. The van der Waals surface area contributed by atoms with Crippen LogP contribution in [-0.2, 0) is 0 Å². The van der Waals surface area contributed by atoms with Gasteiger partial charge in [-0.1, -0.05) is 109 Å². The molecule has 6 nitrogen and oxygen atoms in total. The minimum Gasteiger partial charge on any atom is -0.344 e. The van der Waals surface area contributed by atoms with Crippen LogP contribution < -0.4 is 0 Å². The minimum absolute atomic E-state index is 0.438. The van der Waals surface area contributed by atoms with Crippen LogP contribution in [0.2, 0.25) is 0 Å². The van der Waals surface area contributed by atoms with Gasteiger partial charge in [0, 0.05) is 107 Å². The first kappa shape index (κ1) is 46.6. The molecule has 10 atom stereocenters. The first-order chi connectivity index (χ1) is 38.6. The third-order valence-electron chi connectivity index (χ3n) is 21.0. The maximum Gasteiger partial charge on any atom is 0.0482 e. The van der Waals surface area contributed by atoms with Crippen LogP contribution in [0.1, 0.15) is 113 Å². The van der Waals surface area contributed by atoms with Gasteiger partial charge < -0.3 is 27.4 Å². The quantitative estimate of drug-likeness (QED) is 0.138. The van der Waals surface area contributed by atoms with Gasteiger partial charge in [-0.05, 0) is 218 Å². The van der Waals surface area contributed by atoms with Gasteiger partial charge in [0.1, 0.15) is 0 Å². The highest BCUT2D eigenvalue weighted by atomic mass is 15.1. The van der Waals surface area contributed by atoms with E-state index in [1.165, 1.54) is 130 Å². The Kier molecular flexibility index (Phi) is 11.5. The smallest absolute Gasteiger partial charge is 0.0482 e. The third kappa shape index (κ3) is 8.10. The fraction of sp³-hybridized carbons (Fsp3) is 0.333. The molecule has 6 heteroatoms. The van der Waals surface area contributed by atoms with Crippen LogP contribution in [-0.4, -0.2) is 27.4 Å². The van der Waals surface area contributed by atoms with Crippen molar-refractivity contribution < 1.29 is 0 Å². The summed E-state index contributed by atoms with van der Waals surface area (Å²) in [5.41, 5.74) is 8.36. The van der Waals surface area contributed by atoms with Crippen molar-refractivity contribution in [3.05, 3.63) is 219 Å². The average molecular weight is 1020 g/mol. The maximum atomic E-state index is 2.75. The van der Waals surface area contributed by atoms with Gasteiger partial charge in [0.05, 0.1) is 0 Å². The van der Waals surface area contributed by atoms with Crippen molar-refractivity contribution >= 4 is 65.4 Å². The lowest BCUT2D eigenvalue weighted by molar-refractivity contribution is 0.0258. The maximum absolute atomic E-state index is 2.75. The van der Waals surface area contributed by atoms with Crippen molar-refractivity contribution in [2.75, 3.05) is 0 Å². The van der Waals surface area contributed by atoms with E-state index in [-0.39, 0.29) is 0 Å². The van der Waals surface area contributed by atoms with Gasteiger partial charge in [-0.3, -0.25) is 0 Å². The van der Waals surface area contributed by atoms with Gasteiger partial charge in [-0.15, -0.1) is 0 Å².